The lowest BCUT2D eigenvalue weighted by atomic mass is 10.1. The lowest BCUT2D eigenvalue weighted by Crippen LogP contribution is -2.38. The zero-order valence-corrected chi connectivity index (χ0v) is 18.2. The van der Waals surface area contributed by atoms with Crippen molar-refractivity contribution in [3.05, 3.63) is 52.3 Å². The second-order valence-electron chi connectivity index (χ2n) is 6.13. The van der Waals surface area contributed by atoms with Gasteiger partial charge < -0.3 is 10.6 Å². The van der Waals surface area contributed by atoms with Crippen LogP contribution in [-0.4, -0.2) is 28.8 Å². The molecule has 0 saturated carbocycles. The molecule has 0 aliphatic heterocycles. The van der Waals surface area contributed by atoms with Gasteiger partial charge in [0.1, 0.15) is 0 Å². The van der Waals surface area contributed by atoms with Gasteiger partial charge in [0.05, 0.1) is 12.2 Å². The predicted octanol–water partition coefficient (Wildman–Crippen LogP) is 3.26. The number of aromatic nitrogens is 2. The van der Waals surface area contributed by atoms with E-state index in [0.29, 0.717) is 6.54 Å². The van der Waals surface area contributed by atoms with Crippen molar-refractivity contribution in [1.82, 2.24) is 20.4 Å². The van der Waals surface area contributed by atoms with E-state index in [9.17, 15) is 0 Å². The van der Waals surface area contributed by atoms with Crippen molar-refractivity contribution in [2.75, 3.05) is 13.1 Å². The summed E-state index contributed by atoms with van der Waals surface area (Å²) in [6.45, 7) is 10.7. The van der Waals surface area contributed by atoms with Crippen molar-refractivity contribution in [3.63, 3.8) is 0 Å². The van der Waals surface area contributed by atoms with Crippen LogP contribution in [0.1, 0.15) is 35.0 Å². The van der Waals surface area contributed by atoms with E-state index in [2.05, 4.69) is 60.8 Å². The van der Waals surface area contributed by atoms with Crippen LogP contribution in [0.15, 0.2) is 29.3 Å². The number of hydrogen-bond acceptors (Lipinski definition) is 2. The van der Waals surface area contributed by atoms with Gasteiger partial charge in [0.15, 0.2) is 5.96 Å². The number of nitrogens with one attached hydrogen (secondary N) is 2. The van der Waals surface area contributed by atoms with Crippen molar-refractivity contribution in [1.29, 1.82) is 0 Å². The van der Waals surface area contributed by atoms with Crippen LogP contribution in [0.25, 0.3) is 0 Å². The zero-order valence-electron chi connectivity index (χ0n) is 15.9. The second-order valence-corrected chi connectivity index (χ2v) is 6.13. The molecule has 0 bridgehead atoms. The minimum atomic E-state index is 0. The number of guanidine groups is 1. The Hall–Kier alpha value is -1.57. The minimum Gasteiger partial charge on any atom is -0.357 e. The summed E-state index contributed by atoms with van der Waals surface area (Å²) < 4.78 is 1.91. The van der Waals surface area contributed by atoms with Gasteiger partial charge >= 0.3 is 0 Å². The van der Waals surface area contributed by atoms with Gasteiger partial charge in [0.25, 0.3) is 0 Å². The Morgan fingerprint density at radius 2 is 1.80 bits per heavy atom. The monoisotopic (exact) mass is 455 g/mol. The zero-order chi connectivity index (χ0) is 17.5. The molecule has 0 spiro atoms. The lowest BCUT2D eigenvalue weighted by molar-refractivity contribution is 0.730. The average Bonchev–Trinajstić information content (AvgIpc) is 2.80. The number of hydrogen-bond donors (Lipinski definition) is 2. The molecule has 0 aliphatic rings. The van der Waals surface area contributed by atoms with Crippen LogP contribution in [0.5, 0.6) is 0 Å². The third-order valence-corrected chi connectivity index (χ3v) is 4.23. The van der Waals surface area contributed by atoms with Crippen LogP contribution in [0.4, 0.5) is 0 Å². The highest BCUT2D eigenvalue weighted by Crippen LogP contribution is 2.12. The molecule has 1 aromatic carbocycles. The van der Waals surface area contributed by atoms with Gasteiger partial charge in [-0.25, -0.2) is 4.99 Å². The van der Waals surface area contributed by atoms with Gasteiger partial charge in [-0.2, -0.15) is 5.10 Å². The van der Waals surface area contributed by atoms with Crippen molar-refractivity contribution < 1.29 is 0 Å². The van der Waals surface area contributed by atoms with E-state index in [1.165, 1.54) is 22.4 Å². The van der Waals surface area contributed by atoms with E-state index in [4.69, 9.17) is 4.99 Å². The maximum atomic E-state index is 4.71. The summed E-state index contributed by atoms with van der Waals surface area (Å²) in [5.41, 5.74) is 6.06. The van der Waals surface area contributed by atoms with Crippen molar-refractivity contribution >= 4 is 29.9 Å². The first-order chi connectivity index (χ1) is 11.5. The van der Waals surface area contributed by atoms with Crippen LogP contribution in [0.2, 0.25) is 0 Å². The maximum absolute atomic E-state index is 4.71. The Bertz CT molecular complexity index is 689. The van der Waals surface area contributed by atoms with Gasteiger partial charge in [-0.15, -0.1) is 24.0 Å². The summed E-state index contributed by atoms with van der Waals surface area (Å²) in [6, 6.07) is 8.68. The molecule has 25 heavy (non-hydrogen) atoms. The van der Waals surface area contributed by atoms with Crippen LogP contribution >= 0.6 is 24.0 Å². The Labute approximate surface area is 168 Å². The molecule has 0 radical (unpaired) electrons. The molecule has 0 atom stereocenters. The fourth-order valence-electron chi connectivity index (χ4n) is 2.63. The largest absolute Gasteiger partial charge is 0.357 e. The highest BCUT2D eigenvalue weighted by atomic mass is 127. The molecule has 0 fully saturated rings. The molecule has 2 aromatic rings. The molecule has 0 amide bonds. The van der Waals surface area contributed by atoms with Gasteiger partial charge in [0, 0.05) is 31.4 Å². The summed E-state index contributed by atoms with van der Waals surface area (Å²) >= 11 is 0. The van der Waals surface area contributed by atoms with Crippen molar-refractivity contribution in [3.8, 4) is 0 Å². The first-order valence-corrected chi connectivity index (χ1v) is 8.58. The third-order valence-electron chi connectivity index (χ3n) is 4.23. The Morgan fingerprint density at radius 1 is 1.12 bits per heavy atom. The average molecular weight is 455 g/mol. The number of aliphatic imine (C=N–C) groups is 1. The first-order valence-electron chi connectivity index (χ1n) is 8.58. The summed E-state index contributed by atoms with van der Waals surface area (Å²) in [6.07, 6.45) is 0.982. The van der Waals surface area contributed by atoms with Gasteiger partial charge in [-0.1, -0.05) is 29.8 Å². The Kier molecular flexibility index (Phi) is 8.96. The summed E-state index contributed by atoms with van der Waals surface area (Å²) in [5.74, 6) is 0.854. The van der Waals surface area contributed by atoms with Gasteiger partial charge in [0.2, 0.25) is 0 Å². The smallest absolute Gasteiger partial charge is 0.191 e. The number of benzene rings is 1. The van der Waals surface area contributed by atoms with E-state index in [0.717, 1.165) is 31.2 Å². The quantitative estimate of drug-likeness (QED) is 0.400. The molecule has 2 rings (SSSR count). The Balaban J connectivity index is 0.00000312. The number of aryl methyl sites for hydroxylation is 3. The molecular formula is C19H30IN5. The molecule has 138 valence electrons. The summed E-state index contributed by atoms with van der Waals surface area (Å²) in [5, 5.41) is 11.2. The van der Waals surface area contributed by atoms with E-state index < -0.39 is 0 Å². The molecule has 1 heterocycles. The normalized spacial score (nSPS) is 11.2. The van der Waals surface area contributed by atoms with Crippen LogP contribution in [0.3, 0.4) is 0 Å². The predicted molar refractivity (Wildman–Crippen MR) is 116 cm³/mol. The van der Waals surface area contributed by atoms with Gasteiger partial charge in [-0.05, 0) is 39.7 Å². The minimum absolute atomic E-state index is 0. The van der Waals surface area contributed by atoms with Crippen LogP contribution in [0, 0.1) is 20.8 Å². The maximum Gasteiger partial charge on any atom is 0.191 e. The van der Waals surface area contributed by atoms with E-state index >= 15 is 0 Å². The van der Waals surface area contributed by atoms with Crippen LogP contribution < -0.4 is 10.6 Å². The molecular weight excluding hydrogens is 425 g/mol. The SMILES string of the molecule is CCNC(=NCc1c(C)nn(C)c1C)NCCc1ccc(C)cc1.I. The van der Waals surface area contributed by atoms with Gasteiger partial charge in [-0.3, -0.25) is 4.68 Å². The topological polar surface area (TPSA) is 54.2 Å². The fourth-order valence-corrected chi connectivity index (χ4v) is 2.63. The summed E-state index contributed by atoms with van der Waals surface area (Å²) in [7, 11) is 1.97. The highest BCUT2D eigenvalue weighted by Gasteiger charge is 2.08. The second kappa shape index (κ2) is 10.4. The number of halogens is 1. The molecule has 0 unspecified atom stereocenters. The Morgan fingerprint density at radius 3 is 2.36 bits per heavy atom. The number of rotatable bonds is 6. The van der Waals surface area contributed by atoms with Crippen molar-refractivity contribution in [2.24, 2.45) is 12.0 Å². The van der Waals surface area contributed by atoms with E-state index in [1.807, 2.05) is 18.7 Å². The molecule has 1 aromatic heterocycles. The first kappa shape index (κ1) is 21.5. The number of nitrogens with zero attached hydrogens (tertiary/aromatic N) is 3. The van der Waals surface area contributed by atoms with E-state index in [1.54, 1.807) is 0 Å². The highest BCUT2D eigenvalue weighted by molar-refractivity contribution is 14.0. The molecule has 5 nitrogen and oxygen atoms in total. The van der Waals surface area contributed by atoms with Crippen molar-refractivity contribution in [2.45, 2.75) is 40.7 Å². The summed E-state index contributed by atoms with van der Waals surface area (Å²) in [4.78, 5) is 4.71. The fraction of sp³-hybridized carbons (Fsp3) is 0.474. The lowest BCUT2D eigenvalue weighted by Gasteiger charge is -2.11. The molecule has 0 saturated heterocycles. The molecule has 0 aliphatic carbocycles. The van der Waals surface area contributed by atoms with Crippen LogP contribution in [-0.2, 0) is 20.0 Å². The molecule has 6 heteroatoms. The molecule has 2 N–H and O–H groups in total. The standard InChI is InChI=1S/C19H29N5.HI/c1-6-20-19(21-12-11-17-9-7-14(2)8-10-17)22-13-18-15(3)23-24(5)16(18)4;/h7-10H,6,11-13H2,1-5H3,(H2,20,21,22);1H. The third kappa shape index (κ3) is 6.34. The van der Waals surface area contributed by atoms with E-state index in [-0.39, 0.29) is 24.0 Å².